The highest BCUT2D eigenvalue weighted by Gasteiger charge is 2.14. The van der Waals surface area contributed by atoms with Crippen molar-refractivity contribution in [3.8, 4) is 0 Å². The molecule has 0 aliphatic heterocycles. The van der Waals surface area contributed by atoms with Gasteiger partial charge in [0.2, 0.25) is 5.91 Å². The average Bonchev–Trinajstić information content (AvgIpc) is 2.57. The fraction of sp³-hybridized carbons (Fsp3) is 0.917. The minimum atomic E-state index is 0.00863. The molecule has 0 aromatic heterocycles. The molecule has 1 aliphatic rings. The van der Waals surface area contributed by atoms with Gasteiger partial charge in [-0.2, -0.15) is 5.48 Å². The Hall–Kier alpha value is -0.650. The highest BCUT2D eigenvalue weighted by atomic mass is 16.7. The van der Waals surface area contributed by atoms with Crippen LogP contribution < -0.4 is 10.8 Å². The largest absolute Gasteiger partial charge is 0.382 e. The first-order chi connectivity index (χ1) is 8.33. The van der Waals surface area contributed by atoms with Gasteiger partial charge in [0, 0.05) is 13.2 Å². The van der Waals surface area contributed by atoms with Crippen LogP contribution in [0.25, 0.3) is 0 Å². The Morgan fingerprint density at radius 1 is 1.18 bits per heavy atom. The number of methoxy groups -OCH3 is 1. The fourth-order valence-electron chi connectivity index (χ4n) is 2.02. The van der Waals surface area contributed by atoms with Gasteiger partial charge in [-0.15, -0.1) is 0 Å². The quantitative estimate of drug-likeness (QED) is 0.398. The van der Waals surface area contributed by atoms with Gasteiger partial charge in [-0.1, -0.05) is 25.7 Å². The van der Waals surface area contributed by atoms with Gasteiger partial charge in [-0.25, -0.2) is 0 Å². The first kappa shape index (κ1) is 14.4. The van der Waals surface area contributed by atoms with E-state index in [9.17, 15) is 4.79 Å². The average molecular weight is 244 g/mol. The maximum Gasteiger partial charge on any atom is 0.236 e. The maximum atomic E-state index is 11.6. The van der Waals surface area contributed by atoms with Gasteiger partial charge in [0.1, 0.15) is 0 Å². The number of rotatable bonds is 7. The number of carbonyl (C=O) groups excluding carboxylic acids is 1. The highest BCUT2D eigenvalue weighted by molar-refractivity contribution is 5.78. The molecule has 0 saturated heterocycles. The predicted molar refractivity (Wildman–Crippen MR) is 65.5 cm³/mol. The molecule has 0 heterocycles. The van der Waals surface area contributed by atoms with E-state index < -0.39 is 0 Å². The predicted octanol–water partition coefficient (Wildman–Crippen LogP) is 0.993. The lowest BCUT2D eigenvalue weighted by molar-refractivity contribution is -0.123. The minimum Gasteiger partial charge on any atom is -0.382 e. The Morgan fingerprint density at radius 3 is 2.53 bits per heavy atom. The fourth-order valence-corrected chi connectivity index (χ4v) is 2.02. The third-order valence-corrected chi connectivity index (χ3v) is 2.94. The van der Waals surface area contributed by atoms with Gasteiger partial charge in [0.15, 0.2) is 0 Å². The lowest BCUT2D eigenvalue weighted by Crippen LogP contribution is -2.40. The molecule has 0 bridgehead atoms. The molecule has 100 valence electrons. The zero-order chi connectivity index (χ0) is 12.3. The molecular weight excluding hydrogens is 220 g/mol. The molecule has 1 rings (SSSR count). The summed E-state index contributed by atoms with van der Waals surface area (Å²) < 4.78 is 4.82. The Morgan fingerprint density at radius 2 is 1.88 bits per heavy atom. The van der Waals surface area contributed by atoms with E-state index in [2.05, 4.69) is 10.8 Å². The number of amides is 1. The molecule has 1 aliphatic carbocycles. The van der Waals surface area contributed by atoms with Crippen LogP contribution in [-0.4, -0.2) is 38.8 Å². The Labute approximate surface area is 103 Å². The first-order valence-electron chi connectivity index (χ1n) is 6.46. The standard InChI is InChI=1S/C12H24N2O3/c1-16-8-9-17-13-10-12(15)14-11-6-4-2-3-5-7-11/h11,13H,2-10H2,1H3,(H,14,15). The second-order valence-electron chi connectivity index (χ2n) is 4.42. The van der Waals surface area contributed by atoms with E-state index in [-0.39, 0.29) is 12.5 Å². The van der Waals surface area contributed by atoms with Crippen molar-refractivity contribution in [2.75, 3.05) is 26.9 Å². The van der Waals surface area contributed by atoms with Gasteiger partial charge in [-0.05, 0) is 12.8 Å². The third-order valence-electron chi connectivity index (χ3n) is 2.94. The van der Waals surface area contributed by atoms with Crippen molar-refractivity contribution in [2.24, 2.45) is 0 Å². The van der Waals surface area contributed by atoms with E-state index in [4.69, 9.17) is 9.57 Å². The summed E-state index contributed by atoms with van der Waals surface area (Å²) in [5, 5.41) is 3.04. The molecule has 0 aromatic carbocycles. The van der Waals surface area contributed by atoms with Gasteiger partial charge >= 0.3 is 0 Å². The molecule has 2 N–H and O–H groups in total. The first-order valence-corrected chi connectivity index (χ1v) is 6.46. The van der Waals surface area contributed by atoms with Crippen molar-refractivity contribution >= 4 is 5.91 Å². The van der Waals surface area contributed by atoms with E-state index in [1.54, 1.807) is 7.11 Å². The highest BCUT2D eigenvalue weighted by Crippen LogP contribution is 2.16. The van der Waals surface area contributed by atoms with Crippen molar-refractivity contribution in [1.29, 1.82) is 0 Å². The molecule has 0 unspecified atom stereocenters. The molecular formula is C12H24N2O3. The van der Waals surface area contributed by atoms with Gasteiger partial charge < -0.3 is 10.1 Å². The summed E-state index contributed by atoms with van der Waals surface area (Å²) in [5.41, 5.74) is 2.63. The van der Waals surface area contributed by atoms with E-state index in [0.29, 0.717) is 19.3 Å². The van der Waals surface area contributed by atoms with Crippen LogP contribution in [0.5, 0.6) is 0 Å². The van der Waals surface area contributed by atoms with Gasteiger partial charge in [-0.3, -0.25) is 9.63 Å². The van der Waals surface area contributed by atoms with Crippen LogP contribution in [0.2, 0.25) is 0 Å². The van der Waals surface area contributed by atoms with Crippen LogP contribution in [0.3, 0.4) is 0 Å². The van der Waals surface area contributed by atoms with Crippen molar-refractivity contribution in [2.45, 2.75) is 44.6 Å². The van der Waals surface area contributed by atoms with E-state index >= 15 is 0 Å². The number of hydroxylamine groups is 1. The maximum absolute atomic E-state index is 11.6. The van der Waals surface area contributed by atoms with Crippen molar-refractivity contribution < 1.29 is 14.4 Å². The molecule has 1 fully saturated rings. The second-order valence-corrected chi connectivity index (χ2v) is 4.42. The number of carbonyl (C=O) groups is 1. The number of nitrogens with one attached hydrogen (secondary N) is 2. The lowest BCUT2D eigenvalue weighted by atomic mass is 10.1. The summed E-state index contributed by atoms with van der Waals surface area (Å²) in [6.07, 6.45) is 7.26. The van der Waals surface area contributed by atoms with E-state index in [1.165, 1.54) is 25.7 Å². The summed E-state index contributed by atoms with van der Waals surface area (Å²) in [4.78, 5) is 16.6. The minimum absolute atomic E-state index is 0.00863. The number of ether oxygens (including phenoxy) is 1. The van der Waals surface area contributed by atoms with Crippen LogP contribution in [0, 0.1) is 0 Å². The van der Waals surface area contributed by atoms with E-state index in [1.807, 2.05) is 0 Å². The van der Waals surface area contributed by atoms with Crippen molar-refractivity contribution in [3.63, 3.8) is 0 Å². The monoisotopic (exact) mass is 244 g/mol. The second kappa shape index (κ2) is 9.39. The third kappa shape index (κ3) is 7.31. The van der Waals surface area contributed by atoms with Gasteiger partial charge in [0.25, 0.3) is 0 Å². The summed E-state index contributed by atoms with van der Waals surface area (Å²) in [6.45, 7) is 1.19. The molecule has 1 saturated carbocycles. The molecule has 0 aromatic rings. The summed E-state index contributed by atoms with van der Waals surface area (Å²) in [6, 6.07) is 0.353. The molecule has 1 amide bonds. The molecule has 0 spiro atoms. The Balaban J connectivity index is 2.03. The molecule has 0 atom stereocenters. The number of hydrogen-bond donors (Lipinski definition) is 2. The molecule has 5 nitrogen and oxygen atoms in total. The zero-order valence-corrected chi connectivity index (χ0v) is 10.7. The van der Waals surface area contributed by atoms with E-state index in [0.717, 1.165) is 12.8 Å². The van der Waals surface area contributed by atoms with Crippen LogP contribution in [0.4, 0.5) is 0 Å². The molecule has 0 radical (unpaired) electrons. The lowest BCUT2D eigenvalue weighted by Gasteiger charge is -2.16. The van der Waals surface area contributed by atoms with Crippen LogP contribution in [0.1, 0.15) is 38.5 Å². The van der Waals surface area contributed by atoms with Crippen LogP contribution >= 0.6 is 0 Å². The molecule has 5 heteroatoms. The summed E-state index contributed by atoms with van der Waals surface area (Å²) in [7, 11) is 1.61. The van der Waals surface area contributed by atoms with Crippen molar-refractivity contribution in [1.82, 2.24) is 10.8 Å². The molecule has 17 heavy (non-hydrogen) atoms. The smallest absolute Gasteiger partial charge is 0.236 e. The summed E-state index contributed by atoms with van der Waals surface area (Å²) in [5.74, 6) is 0.00863. The van der Waals surface area contributed by atoms with Crippen molar-refractivity contribution in [3.05, 3.63) is 0 Å². The van der Waals surface area contributed by atoms with Gasteiger partial charge in [0.05, 0.1) is 19.8 Å². The Kier molecular flexibility index (Phi) is 7.96. The topological polar surface area (TPSA) is 59.6 Å². The Bertz CT molecular complexity index is 204. The summed E-state index contributed by atoms with van der Waals surface area (Å²) >= 11 is 0. The van der Waals surface area contributed by atoms with Crippen LogP contribution in [0.15, 0.2) is 0 Å². The number of hydrogen-bond acceptors (Lipinski definition) is 4. The normalized spacial score (nSPS) is 17.7. The van der Waals surface area contributed by atoms with Crippen LogP contribution in [-0.2, 0) is 14.4 Å². The zero-order valence-electron chi connectivity index (χ0n) is 10.7. The SMILES string of the molecule is COCCONCC(=O)NC1CCCCCC1.